The molecule has 1 aromatic carbocycles. The molecule has 0 aliphatic carbocycles. The molecule has 70 valence electrons. The zero-order valence-corrected chi connectivity index (χ0v) is 7.05. The number of benzene rings is 1. The summed E-state index contributed by atoms with van der Waals surface area (Å²) in [6.07, 6.45) is -4.47. The van der Waals surface area contributed by atoms with Crippen LogP contribution in [0.3, 0.4) is 0 Å². The van der Waals surface area contributed by atoms with E-state index in [-0.39, 0.29) is 5.56 Å². The van der Waals surface area contributed by atoms with Gasteiger partial charge < -0.3 is 5.11 Å². The van der Waals surface area contributed by atoms with Crippen LogP contribution in [0.25, 0.3) is 0 Å². The Morgan fingerprint density at radius 2 is 1.57 bits per heavy atom. The van der Waals surface area contributed by atoms with E-state index in [1.807, 2.05) is 0 Å². The Morgan fingerprint density at radius 3 is 2.00 bits per heavy atom. The van der Waals surface area contributed by atoms with Gasteiger partial charge >= 0.3 is 6.18 Å². The predicted octanol–water partition coefficient (Wildman–Crippen LogP) is 1.15. The van der Waals surface area contributed by atoms with Crippen molar-refractivity contribution in [2.45, 2.75) is 11.6 Å². The van der Waals surface area contributed by atoms with Gasteiger partial charge in [-0.2, -0.15) is 13.2 Å². The molecule has 0 saturated carbocycles. The van der Waals surface area contributed by atoms with Crippen molar-refractivity contribution in [3.8, 4) is 0 Å². The molecule has 0 heterocycles. The third-order valence-corrected chi connectivity index (χ3v) is 1.65. The number of hydrogen-bond donors (Lipinski definition) is 1. The van der Waals surface area contributed by atoms with Crippen molar-refractivity contribution in [2.75, 3.05) is 0 Å². The lowest BCUT2D eigenvalue weighted by Crippen LogP contribution is -2.26. The molecule has 0 amide bonds. The maximum absolute atomic E-state index is 12.2. The smallest absolute Gasteiger partial charge is 0.405 e. The molecule has 1 rings (SSSR count). The summed E-state index contributed by atoms with van der Waals surface area (Å²) in [7, 11) is 10.1. The second-order valence-corrected chi connectivity index (χ2v) is 2.90. The first-order chi connectivity index (χ1) is 6.21. The molecule has 0 atom stereocenters. The minimum Gasteiger partial charge on any atom is -0.405 e. The molecule has 14 heavy (non-hydrogen) atoms. The highest BCUT2D eigenvalue weighted by Crippen LogP contribution is 2.30. The number of halogens is 3. The normalized spacial score (nSPS) is 12.9. The van der Waals surface area contributed by atoms with Gasteiger partial charge in [0.25, 0.3) is 0 Å². The average Bonchev–Trinajstić information content (AvgIpc) is 2.01. The summed E-state index contributed by atoms with van der Waals surface area (Å²) in [6.45, 7) is 0. The first kappa shape index (κ1) is 11.2. The summed E-state index contributed by atoms with van der Waals surface area (Å²) in [5.74, 6) is 0. The summed E-state index contributed by atoms with van der Waals surface area (Å²) in [5.41, 5.74) is -1.09. The van der Waals surface area contributed by atoms with Gasteiger partial charge in [0.05, 0.1) is 5.56 Å². The summed E-state index contributed by atoms with van der Waals surface area (Å²) >= 11 is 0. The number of rotatable bonds is 1. The molecule has 1 N–H and O–H groups in total. The first-order valence-corrected chi connectivity index (χ1v) is 3.69. The zero-order chi connectivity index (χ0) is 11.0. The highest BCUT2D eigenvalue weighted by molar-refractivity contribution is 6.38. The van der Waals surface area contributed by atoms with Crippen LogP contribution in [0.15, 0.2) is 24.3 Å². The Hall–Kier alpha value is -0.900. The van der Waals surface area contributed by atoms with E-state index in [4.69, 9.17) is 20.8 Å². The summed E-state index contributed by atoms with van der Waals surface area (Å²) in [4.78, 5) is 0. The SMILES string of the molecule is [B]C([B])(O)c1cccc(C(F)(F)F)c1. The fraction of sp³-hybridized carbons (Fsp3) is 0.250. The van der Waals surface area contributed by atoms with Crippen molar-refractivity contribution in [2.24, 2.45) is 0 Å². The Morgan fingerprint density at radius 1 is 1.07 bits per heavy atom. The first-order valence-electron chi connectivity index (χ1n) is 3.69. The van der Waals surface area contributed by atoms with Gasteiger partial charge in [-0.05, 0) is 11.6 Å². The molecule has 0 aliphatic heterocycles. The molecular weight excluding hydrogens is 191 g/mol. The third-order valence-electron chi connectivity index (χ3n) is 1.65. The van der Waals surface area contributed by atoms with Gasteiger partial charge in [0, 0.05) is 5.40 Å². The second-order valence-electron chi connectivity index (χ2n) is 2.90. The Bertz CT molecular complexity index is 301. The van der Waals surface area contributed by atoms with Crippen LogP contribution < -0.4 is 0 Å². The largest absolute Gasteiger partial charge is 0.416 e. The molecule has 0 saturated heterocycles. The highest BCUT2D eigenvalue weighted by Gasteiger charge is 2.31. The van der Waals surface area contributed by atoms with Crippen LogP contribution in [0.2, 0.25) is 0 Å². The molecule has 0 fully saturated rings. The molecule has 0 spiro atoms. The fourth-order valence-corrected chi connectivity index (χ4v) is 0.945. The van der Waals surface area contributed by atoms with E-state index in [1.165, 1.54) is 6.07 Å². The minimum absolute atomic E-state index is 0.188. The highest BCUT2D eigenvalue weighted by atomic mass is 19.4. The molecule has 6 heteroatoms. The van der Waals surface area contributed by atoms with E-state index in [9.17, 15) is 13.2 Å². The lowest BCUT2D eigenvalue weighted by molar-refractivity contribution is -0.137. The minimum atomic E-state index is -4.47. The summed E-state index contributed by atoms with van der Waals surface area (Å²) in [5, 5.41) is 6.82. The summed E-state index contributed by atoms with van der Waals surface area (Å²) < 4.78 is 36.6. The molecule has 0 aliphatic rings. The van der Waals surface area contributed by atoms with Crippen LogP contribution in [0, 0.1) is 0 Å². The van der Waals surface area contributed by atoms with Gasteiger partial charge in [-0.1, -0.05) is 18.2 Å². The molecule has 1 nitrogen and oxygen atoms in total. The molecule has 1 aromatic rings. The average molecular weight is 196 g/mol. The lowest BCUT2D eigenvalue weighted by Gasteiger charge is -2.20. The van der Waals surface area contributed by atoms with Gasteiger partial charge in [0.15, 0.2) is 0 Å². The molecular formula is C8H5B2F3O. The van der Waals surface area contributed by atoms with Crippen molar-refractivity contribution < 1.29 is 18.3 Å². The molecule has 0 bridgehead atoms. The summed E-state index contributed by atoms with van der Waals surface area (Å²) in [6, 6.07) is 3.92. The van der Waals surface area contributed by atoms with Gasteiger partial charge in [0.1, 0.15) is 15.7 Å². The second kappa shape index (κ2) is 3.35. The quantitative estimate of drug-likeness (QED) is 0.667. The van der Waals surface area contributed by atoms with Crippen molar-refractivity contribution in [3.63, 3.8) is 0 Å². The fourth-order valence-electron chi connectivity index (χ4n) is 0.945. The van der Waals surface area contributed by atoms with E-state index in [1.54, 1.807) is 0 Å². The van der Waals surface area contributed by atoms with Crippen LogP contribution in [0.1, 0.15) is 11.1 Å². The maximum atomic E-state index is 12.2. The monoisotopic (exact) mass is 196 g/mol. The van der Waals surface area contributed by atoms with E-state index in [0.717, 1.165) is 12.1 Å². The number of hydrogen-bond acceptors (Lipinski definition) is 1. The molecule has 0 aromatic heterocycles. The predicted molar refractivity (Wildman–Crippen MR) is 46.8 cm³/mol. The van der Waals surface area contributed by atoms with Crippen LogP contribution in [0.4, 0.5) is 13.2 Å². The Kier molecular flexibility index (Phi) is 2.67. The van der Waals surface area contributed by atoms with E-state index < -0.39 is 17.1 Å². The topological polar surface area (TPSA) is 20.2 Å². The number of alkyl halides is 3. The third kappa shape index (κ3) is 2.54. The van der Waals surface area contributed by atoms with Crippen LogP contribution in [-0.2, 0) is 11.6 Å². The van der Waals surface area contributed by atoms with E-state index in [2.05, 4.69) is 0 Å². The van der Waals surface area contributed by atoms with Crippen molar-refractivity contribution in [3.05, 3.63) is 35.4 Å². The lowest BCUT2D eigenvalue weighted by atomic mass is 9.61. The molecule has 4 radical (unpaired) electrons. The van der Waals surface area contributed by atoms with Crippen LogP contribution >= 0.6 is 0 Å². The van der Waals surface area contributed by atoms with Gasteiger partial charge in [-0.15, -0.1) is 0 Å². The van der Waals surface area contributed by atoms with Gasteiger partial charge in [-0.25, -0.2) is 0 Å². The van der Waals surface area contributed by atoms with Gasteiger partial charge in [-0.3, -0.25) is 0 Å². The Labute approximate surface area is 81.8 Å². The van der Waals surface area contributed by atoms with Crippen molar-refractivity contribution in [1.82, 2.24) is 0 Å². The zero-order valence-electron chi connectivity index (χ0n) is 7.05. The Balaban J connectivity index is 3.15. The van der Waals surface area contributed by atoms with Crippen molar-refractivity contribution >= 4 is 15.7 Å². The number of aliphatic hydroxyl groups is 1. The van der Waals surface area contributed by atoms with E-state index in [0.29, 0.717) is 6.07 Å². The van der Waals surface area contributed by atoms with E-state index >= 15 is 0 Å². The van der Waals surface area contributed by atoms with Crippen molar-refractivity contribution in [1.29, 1.82) is 0 Å². The standard InChI is InChI=1S/C8H5B2F3O/c9-7(10,14)5-2-1-3-6(4-5)8(11,12)13/h1-4,14H. The van der Waals surface area contributed by atoms with Crippen LogP contribution in [0.5, 0.6) is 0 Å². The van der Waals surface area contributed by atoms with Crippen LogP contribution in [-0.4, -0.2) is 20.8 Å². The maximum Gasteiger partial charge on any atom is 0.416 e. The molecule has 0 unspecified atom stereocenters. The van der Waals surface area contributed by atoms with Gasteiger partial charge in [0.2, 0.25) is 0 Å².